The van der Waals surface area contributed by atoms with Crippen molar-refractivity contribution in [1.82, 2.24) is 20.1 Å². The van der Waals surface area contributed by atoms with E-state index in [1.807, 2.05) is 30.3 Å². The fourth-order valence-corrected chi connectivity index (χ4v) is 3.54. The van der Waals surface area contributed by atoms with Gasteiger partial charge in [-0.3, -0.25) is 4.79 Å². The second-order valence-corrected chi connectivity index (χ2v) is 6.85. The van der Waals surface area contributed by atoms with Crippen molar-refractivity contribution in [2.24, 2.45) is 0 Å². The molecule has 0 saturated carbocycles. The molecular formula is C21H18F3N5O. The molecule has 2 aromatic carbocycles. The molecule has 6 nitrogen and oxygen atoms in total. The molecule has 1 aliphatic heterocycles. The van der Waals surface area contributed by atoms with Gasteiger partial charge in [0.05, 0.1) is 11.1 Å². The highest BCUT2D eigenvalue weighted by Crippen LogP contribution is 2.41. The van der Waals surface area contributed by atoms with E-state index in [-0.39, 0.29) is 23.6 Å². The Bertz CT molecular complexity index is 1110. The second-order valence-electron chi connectivity index (χ2n) is 6.85. The van der Waals surface area contributed by atoms with Gasteiger partial charge in [-0.15, -0.1) is 0 Å². The van der Waals surface area contributed by atoms with E-state index in [0.717, 1.165) is 11.6 Å². The van der Waals surface area contributed by atoms with Crippen molar-refractivity contribution in [2.75, 3.05) is 5.32 Å². The van der Waals surface area contributed by atoms with E-state index in [2.05, 4.69) is 20.7 Å². The summed E-state index contributed by atoms with van der Waals surface area (Å²) in [5, 5.41) is 9.84. The third-order valence-electron chi connectivity index (χ3n) is 4.90. The first-order valence-corrected chi connectivity index (χ1v) is 9.22. The molecule has 0 fully saturated rings. The van der Waals surface area contributed by atoms with Crippen LogP contribution in [-0.4, -0.2) is 20.7 Å². The van der Waals surface area contributed by atoms with Gasteiger partial charge in [-0.1, -0.05) is 48.5 Å². The van der Waals surface area contributed by atoms with Crippen molar-refractivity contribution in [3.8, 4) is 0 Å². The number of alkyl halides is 3. The van der Waals surface area contributed by atoms with Crippen LogP contribution in [0.4, 0.5) is 19.1 Å². The van der Waals surface area contributed by atoms with E-state index in [0.29, 0.717) is 5.70 Å². The summed E-state index contributed by atoms with van der Waals surface area (Å²) in [5.74, 6) is -0.207. The Morgan fingerprint density at radius 2 is 1.83 bits per heavy atom. The summed E-state index contributed by atoms with van der Waals surface area (Å²) >= 11 is 0. The van der Waals surface area contributed by atoms with Crippen LogP contribution in [0, 0.1) is 0 Å². The van der Waals surface area contributed by atoms with Crippen molar-refractivity contribution in [1.29, 1.82) is 0 Å². The number of carbonyl (C=O) groups excluding carboxylic acids is 1. The summed E-state index contributed by atoms with van der Waals surface area (Å²) in [5.41, 5.74) is 0.562. The SMILES string of the molecule is CC1=C(C(=O)NCc2ccccc2)[C@H](c2ccccc2C(F)(F)F)n2ncnc2N1. The van der Waals surface area contributed by atoms with Crippen LogP contribution in [0.1, 0.15) is 29.7 Å². The standard InChI is InChI=1S/C21H18F3N5O/c1-13-17(19(30)25-11-14-7-3-2-4-8-14)18(29-20(28-13)26-12-27-29)15-9-5-6-10-16(15)21(22,23)24/h2-10,12,18H,11H2,1H3,(H,25,30)(H,26,27,28)/t18-/m0/s1. The summed E-state index contributed by atoms with van der Waals surface area (Å²) in [6, 6.07) is 13.4. The van der Waals surface area contributed by atoms with Gasteiger partial charge in [0.25, 0.3) is 5.91 Å². The van der Waals surface area contributed by atoms with Crippen LogP contribution in [0.3, 0.4) is 0 Å². The molecule has 9 heteroatoms. The Labute approximate surface area is 170 Å². The maximum absolute atomic E-state index is 13.7. The third kappa shape index (κ3) is 3.66. The molecule has 1 amide bonds. The number of nitrogens with zero attached hydrogens (tertiary/aromatic N) is 3. The first kappa shape index (κ1) is 19.7. The number of hydrogen-bond donors (Lipinski definition) is 2. The van der Waals surface area contributed by atoms with E-state index in [9.17, 15) is 18.0 Å². The van der Waals surface area contributed by atoms with Gasteiger partial charge in [0.1, 0.15) is 12.4 Å². The Morgan fingerprint density at radius 3 is 2.57 bits per heavy atom. The van der Waals surface area contributed by atoms with E-state index in [1.54, 1.807) is 6.92 Å². The van der Waals surface area contributed by atoms with Crippen LogP contribution in [0.15, 0.2) is 72.2 Å². The molecule has 1 atom stereocenters. The molecule has 4 rings (SSSR count). The molecule has 2 heterocycles. The quantitative estimate of drug-likeness (QED) is 0.681. The number of aromatic nitrogens is 3. The highest BCUT2D eigenvalue weighted by Gasteiger charge is 2.40. The van der Waals surface area contributed by atoms with Crippen LogP contribution in [0.5, 0.6) is 0 Å². The average Bonchev–Trinajstić information content (AvgIpc) is 3.19. The third-order valence-corrected chi connectivity index (χ3v) is 4.90. The molecule has 0 aliphatic carbocycles. The molecule has 2 N–H and O–H groups in total. The number of rotatable bonds is 4. The molecule has 0 saturated heterocycles. The second kappa shape index (κ2) is 7.66. The van der Waals surface area contributed by atoms with Gasteiger partial charge in [-0.2, -0.15) is 23.3 Å². The maximum atomic E-state index is 13.7. The molecule has 154 valence electrons. The molecule has 0 spiro atoms. The topological polar surface area (TPSA) is 71.8 Å². The number of carbonyl (C=O) groups is 1. The predicted molar refractivity (Wildman–Crippen MR) is 104 cm³/mol. The molecule has 1 aliphatic rings. The lowest BCUT2D eigenvalue weighted by Gasteiger charge is -2.30. The zero-order valence-electron chi connectivity index (χ0n) is 15.9. The monoisotopic (exact) mass is 413 g/mol. The van der Waals surface area contributed by atoms with Gasteiger partial charge >= 0.3 is 6.18 Å². The van der Waals surface area contributed by atoms with E-state index in [4.69, 9.17) is 0 Å². The Balaban J connectivity index is 1.76. The number of fused-ring (bicyclic) bond motifs is 1. The minimum atomic E-state index is -4.58. The number of hydrogen-bond acceptors (Lipinski definition) is 4. The first-order chi connectivity index (χ1) is 14.4. The fraction of sp³-hybridized carbons (Fsp3) is 0.190. The lowest BCUT2D eigenvalue weighted by atomic mass is 9.91. The lowest BCUT2D eigenvalue weighted by Crippen LogP contribution is -2.35. The Kier molecular flexibility index (Phi) is 5.03. The van der Waals surface area contributed by atoms with Gasteiger partial charge in [0.15, 0.2) is 0 Å². The highest BCUT2D eigenvalue weighted by molar-refractivity contribution is 5.96. The molecule has 3 aromatic rings. The number of nitrogens with one attached hydrogen (secondary N) is 2. The van der Waals surface area contributed by atoms with Crippen LogP contribution in [0.25, 0.3) is 0 Å². The van der Waals surface area contributed by atoms with Gasteiger partial charge in [-0.05, 0) is 24.1 Å². The van der Waals surface area contributed by atoms with E-state index >= 15 is 0 Å². The molecule has 0 bridgehead atoms. The molecule has 1 aromatic heterocycles. The van der Waals surface area contributed by atoms with Crippen molar-refractivity contribution in [3.63, 3.8) is 0 Å². The summed E-state index contributed by atoms with van der Waals surface area (Å²) in [6.45, 7) is 1.88. The van der Waals surface area contributed by atoms with Crippen LogP contribution >= 0.6 is 0 Å². The zero-order chi connectivity index (χ0) is 21.3. The van der Waals surface area contributed by atoms with E-state index in [1.165, 1.54) is 29.2 Å². The average molecular weight is 413 g/mol. The van der Waals surface area contributed by atoms with Crippen molar-refractivity contribution in [3.05, 3.63) is 88.9 Å². The van der Waals surface area contributed by atoms with E-state index < -0.39 is 23.7 Å². The Hall–Kier alpha value is -3.62. The summed E-state index contributed by atoms with van der Waals surface area (Å²) < 4.78 is 42.5. The first-order valence-electron chi connectivity index (χ1n) is 9.22. The van der Waals surface area contributed by atoms with Crippen LogP contribution < -0.4 is 10.6 Å². The highest BCUT2D eigenvalue weighted by atomic mass is 19.4. The van der Waals surface area contributed by atoms with Crippen LogP contribution in [0.2, 0.25) is 0 Å². The van der Waals surface area contributed by atoms with Crippen molar-refractivity contribution < 1.29 is 18.0 Å². The fourth-order valence-electron chi connectivity index (χ4n) is 3.54. The number of anilines is 1. The van der Waals surface area contributed by atoms with Gasteiger partial charge in [0, 0.05) is 12.2 Å². The summed E-state index contributed by atoms with van der Waals surface area (Å²) in [7, 11) is 0. The van der Waals surface area contributed by atoms with Crippen LogP contribution in [-0.2, 0) is 17.5 Å². The molecule has 30 heavy (non-hydrogen) atoms. The minimum absolute atomic E-state index is 0.0672. The zero-order valence-corrected chi connectivity index (χ0v) is 15.9. The normalized spacial score (nSPS) is 16.1. The Morgan fingerprint density at radius 1 is 1.13 bits per heavy atom. The van der Waals surface area contributed by atoms with Gasteiger partial charge in [-0.25, -0.2) is 4.68 Å². The van der Waals surface area contributed by atoms with Crippen molar-refractivity contribution >= 4 is 11.9 Å². The smallest absolute Gasteiger partial charge is 0.348 e. The maximum Gasteiger partial charge on any atom is 0.416 e. The molecular weight excluding hydrogens is 395 g/mol. The minimum Gasteiger partial charge on any atom is -0.348 e. The van der Waals surface area contributed by atoms with Gasteiger partial charge in [0.2, 0.25) is 5.95 Å². The summed E-state index contributed by atoms with van der Waals surface area (Å²) in [4.78, 5) is 17.2. The number of allylic oxidation sites excluding steroid dienone is 1. The van der Waals surface area contributed by atoms with Gasteiger partial charge < -0.3 is 10.6 Å². The molecule has 0 radical (unpaired) electrons. The number of benzene rings is 2. The number of halogens is 3. The lowest BCUT2D eigenvalue weighted by molar-refractivity contribution is -0.138. The predicted octanol–water partition coefficient (Wildman–Crippen LogP) is 3.90. The summed E-state index contributed by atoms with van der Waals surface area (Å²) in [6.07, 6.45) is -3.34. The van der Waals surface area contributed by atoms with Crippen molar-refractivity contribution in [2.45, 2.75) is 25.7 Å². The number of amides is 1. The largest absolute Gasteiger partial charge is 0.416 e. The molecule has 0 unspecified atom stereocenters.